The molecule has 5 nitrogen and oxygen atoms in total. The summed E-state index contributed by atoms with van der Waals surface area (Å²) in [5, 5.41) is 2.77. The van der Waals surface area contributed by atoms with Gasteiger partial charge in [0.1, 0.15) is 5.75 Å². The zero-order valence-electron chi connectivity index (χ0n) is 14.6. The summed E-state index contributed by atoms with van der Waals surface area (Å²) in [7, 11) is -2.92. The molecule has 0 bridgehead atoms. The zero-order valence-corrected chi connectivity index (χ0v) is 15.4. The highest BCUT2D eigenvalue weighted by Crippen LogP contribution is 2.21. The van der Waals surface area contributed by atoms with Crippen LogP contribution in [0.2, 0.25) is 0 Å². The molecule has 1 heterocycles. The highest BCUT2D eigenvalue weighted by atomic mass is 32.2. The first-order valence-electron chi connectivity index (χ1n) is 8.73. The molecular formula is C20H23NO4S. The molecule has 2 aromatic rings. The van der Waals surface area contributed by atoms with E-state index < -0.39 is 9.84 Å². The monoisotopic (exact) mass is 373 g/mol. The van der Waals surface area contributed by atoms with Crippen molar-refractivity contribution < 1.29 is 17.9 Å². The molecule has 1 unspecified atom stereocenters. The second-order valence-corrected chi connectivity index (χ2v) is 8.86. The largest absolute Gasteiger partial charge is 0.483 e. The Balaban J connectivity index is 1.50. The molecule has 0 aliphatic carbocycles. The van der Waals surface area contributed by atoms with Gasteiger partial charge in [-0.25, -0.2) is 8.42 Å². The quantitative estimate of drug-likeness (QED) is 0.808. The van der Waals surface area contributed by atoms with E-state index >= 15 is 0 Å². The number of ether oxygens (including phenoxy) is 1. The van der Waals surface area contributed by atoms with Gasteiger partial charge in [-0.15, -0.1) is 0 Å². The Labute approximate surface area is 154 Å². The lowest BCUT2D eigenvalue weighted by molar-refractivity contribution is -0.123. The van der Waals surface area contributed by atoms with E-state index in [-0.39, 0.29) is 29.9 Å². The van der Waals surface area contributed by atoms with Gasteiger partial charge in [0.15, 0.2) is 16.4 Å². The molecule has 3 rings (SSSR count). The topological polar surface area (TPSA) is 72.5 Å². The number of nitrogens with one attached hydrogen (secondary N) is 1. The number of hydrogen-bond donors (Lipinski definition) is 1. The van der Waals surface area contributed by atoms with Crippen molar-refractivity contribution in [2.24, 2.45) is 5.92 Å². The molecule has 0 aromatic heterocycles. The molecule has 1 amide bonds. The fourth-order valence-electron chi connectivity index (χ4n) is 3.09. The van der Waals surface area contributed by atoms with Gasteiger partial charge in [0.25, 0.3) is 5.91 Å². The molecule has 0 radical (unpaired) electrons. The van der Waals surface area contributed by atoms with E-state index in [1.807, 2.05) is 42.5 Å². The molecule has 1 saturated heterocycles. The van der Waals surface area contributed by atoms with Gasteiger partial charge in [0.05, 0.1) is 11.5 Å². The Morgan fingerprint density at radius 3 is 2.54 bits per heavy atom. The lowest BCUT2D eigenvalue weighted by Crippen LogP contribution is -2.33. The van der Waals surface area contributed by atoms with Gasteiger partial charge in [-0.05, 0) is 29.5 Å². The maximum absolute atomic E-state index is 12.0. The van der Waals surface area contributed by atoms with Gasteiger partial charge >= 0.3 is 0 Å². The summed E-state index contributed by atoms with van der Waals surface area (Å²) in [5.41, 5.74) is 2.20. The average molecular weight is 373 g/mol. The van der Waals surface area contributed by atoms with Crippen LogP contribution in [0.25, 0.3) is 0 Å². The number of sulfone groups is 1. The van der Waals surface area contributed by atoms with Crippen LogP contribution in [-0.4, -0.2) is 39.0 Å². The van der Waals surface area contributed by atoms with Gasteiger partial charge in [0, 0.05) is 13.0 Å². The molecule has 1 fully saturated rings. The highest BCUT2D eigenvalue weighted by Gasteiger charge is 2.27. The summed E-state index contributed by atoms with van der Waals surface area (Å²) in [5.74, 6) is 0.846. The summed E-state index contributed by atoms with van der Waals surface area (Å²) in [6.07, 6.45) is 1.35. The van der Waals surface area contributed by atoms with Crippen molar-refractivity contribution in [2.75, 3.05) is 24.7 Å². The Bertz CT molecular complexity index is 849. The summed E-state index contributed by atoms with van der Waals surface area (Å²) >= 11 is 0. The van der Waals surface area contributed by atoms with E-state index in [0.29, 0.717) is 18.7 Å². The van der Waals surface area contributed by atoms with Crippen LogP contribution < -0.4 is 10.1 Å². The standard InChI is InChI=1S/C20H23NO4S/c22-20(21-13-17-10-11-26(23,24)15-17)14-25-19-9-5-4-8-18(19)12-16-6-2-1-3-7-16/h1-9,17H,10-15H2,(H,21,22). The average Bonchev–Trinajstić information content (AvgIpc) is 2.99. The molecular weight excluding hydrogens is 350 g/mol. The van der Waals surface area contributed by atoms with Crippen LogP contribution in [0.4, 0.5) is 0 Å². The minimum atomic E-state index is -2.92. The molecule has 1 N–H and O–H groups in total. The van der Waals surface area contributed by atoms with Crippen LogP contribution in [0.15, 0.2) is 54.6 Å². The number of benzene rings is 2. The van der Waals surface area contributed by atoms with Crippen molar-refractivity contribution in [1.82, 2.24) is 5.32 Å². The third-order valence-electron chi connectivity index (χ3n) is 4.48. The van der Waals surface area contributed by atoms with E-state index in [4.69, 9.17) is 4.74 Å². The Kier molecular flexibility index (Phi) is 5.93. The highest BCUT2D eigenvalue weighted by molar-refractivity contribution is 7.91. The zero-order chi connectivity index (χ0) is 18.4. The predicted octanol–water partition coefficient (Wildman–Crippen LogP) is 2.21. The third kappa shape index (κ3) is 5.33. The normalized spacial score (nSPS) is 18.4. The number of carbonyl (C=O) groups excluding carboxylic acids is 1. The smallest absolute Gasteiger partial charge is 0.257 e. The Morgan fingerprint density at radius 1 is 1.08 bits per heavy atom. The van der Waals surface area contributed by atoms with E-state index in [9.17, 15) is 13.2 Å². The lowest BCUT2D eigenvalue weighted by atomic mass is 10.0. The van der Waals surface area contributed by atoms with Crippen molar-refractivity contribution in [2.45, 2.75) is 12.8 Å². The summed E-state index contributed by atoms with van der Waals surface area (Å²) in [4.78, 5) is 12.0. The maximum Gasteiger partial charge on any atom is 0.257 e. The van der Waals surface area contributed by atoms with Gasteiger partial charge in [-0.2, -0.15) is 0 Å². The fourth-order valence-corrected chi connectivity index (χ4v) is 4.95. The minimum Gasteiger partial charge on any atom is -0.483 e. The van der Waals surface area contributed by atoms with Crippen LogP contribution in [0.3, 0.4) is 0 Å². The van der Waals surface area contributed by atoms with Crippen LogP contribution in [0.5, 0.6) is 5.75 Å². The van der Waals surface area contributed by atoms with Gasteiger partial charge in [0.2, 0.25) is 0 Å². The van der Waals surface area contributed by atoms with Crippen molar-refractivity contribution in [3.8, 4) is 5.75 Å². The van der Waals surface area contributed by atoms with Crippen LogP contribution >= 0.6 is 0 Å². The van der Waals surface area contributed by atoms with Gasteiger partial charge in [-0.1, -0.05) is 48.5 Å². The van der Waals surface area contributed by atoms with Gasteiger partial charge < -0.3 is 10.1 Å². The second-order valence-electron chi connectivity index (χ2n) is 6.63. The van der Waals surface area contributed by atoms with Crippen LogP contribution in [0, 0.1) is 5.92 Å². The van der Waals surface area contributed by atoms with Crippen molar-refractivity contribution in [1.29, 1.82) is 0 Å². The first-order valence-corrected chi connectivity index (χ1v) is 10.6. The minimum absolute atomic E-state index is 0.00863. The molecule has 26 heavy (non-hydrogen) atoms. The molecule has 1 aliphatic rings. The first kappa shape index (κ1) is 18.5. The lowest BCUT2D eigenvalue weighted by Gasteiger charge is -2.13. The van der Waals surface area contributed by atoms with E-state index in [2.05, 4.69) is 17.4 Å². The SMILES string of the molecule is O=C(COc1ccccc1Cc1ccccc1)NCC1CCS(=O)(=O)C1. The van der Waals surface area contributed by atoms with Crippen LogP contribution in [0.1, 0.15) is 17.5 Å². The second kappa shape index (κ2) is 8.36. The number of amides is 1. The van der Waals surface area contributed by atoms with E-state index in [1.165, 1.54) is 5.56 Å². The molecule has 0 saturated carbocycles. The van der Waals surface area contributed by atoms with Gasteiger partial charge in [-0.3, -0.25) is 4.79 Å². The van der Waals surface area contributed by atoms with Crippen LogP contribution in [-0.2, 0) is 21.1 Å². The van der Waals surface area contributed by atoms with E-state index in [0.717, 1.165) is 12.0 Å². The number of rotatable bonds is 7. The number of carbonyl (C=O) groups is 1. The third-order valence-corrected chi connectivity index (χ3v) is 6.32. The molecule has 1 atom stereocenters. The Hall–Kier alpha value is -2.34. The first-order chi connectivity index (χ1) is 12.5. The molecule has 6 heteroatoms. The van der Waals surface area contributed by atoms with Crippen molar-refractivity contribution in [3.05, 3.63) is 65.7 Å². The molecule has 1 aliphatic heterocycles. The van der Waals surface area contributed by atoms with E-state index in [1.54, 1.807) is 0 Å². The van der Waals surface area contributed by atoms with Crippen molar-refractivity contribution >= 4 is 15.7 Å². The van der Waals surface area contributed by atoms with Crippen molar-refractivity contribution in [3.63, 3.8) is 0 Å². The number of hydrogen-bond acceptors (Lipinski definition) is 4. The molecule has 2 aromatic carbocycles. The Morgan fingerprint density at radius 2 is 1.81 bits per heavy atom. The molecule has 138 valence electrons. The fraction of sp³-hybridized carbons (Fsp3) is 0.350. The maximum atomic E-state index is 12.0. The predicted molar refractivity (Wildman–Crippen MR) is 101 cm³/mol. The summed E-state index contributed by atoms with van der Waals surface area (Å²) in [6, 6.07) is 17.8. The summed E-state index contributed by atoms with van der Waals surface area (Å²) < 4.78 is 28.6. The molecule has 0 spiro atoms. The number of para-hydroxylation sites is 1. The summed E-state index contributed by atoms with van der Waals surface area (Å²) in [6.45, 7) is 0.304.